The van der Waals surface area contributed by atoms with Gasteiger partial charge in [-0.2, -0.15) is 0 Å². The van der Waals surface area contributed by atoms with Crippen LogP contribution in [0.1, 0.15) is 23.7 Å². The average Bonchev–Trinajstić information content (AvgIpc) is 2.75. The van der Waals surface area contributed by atoms with Crippen molar-refractivity contribution < 1.29 is 4.39 Å². The number of rotatable bonds is 7. The van der Waals surface area contributed by atoms with Crippen molar-refractivity contribution in [2.75, 3.05) is 32.5 Å². The molecule has 3 aromatic rings. The van der Waals surface area contributed by atoms with Gasteiger partial charge in [-0.05, 0) is 50.8 Å². The zero-order chi connectivity index (χ0) is 21.8. The number of fused-ring (bicyclic) bond motifs is 1. The van der Waals surface area contributed by atoms with Crippen molar-refractivity contribution in [3.63, 3.8) is 0 Å². The Kier molecular flexibility index (Phi) is 6.53. The lowest BCUT2D eigenvalue weighted by atomic mass is 10.0. The number of hydrogen-bond acceptors (Lipinski definition) is 6. The molecule has 0 radical (unpaired) electrons. The molecule has 0 aliphatic carbocycles. The van der Waals surface area contributed by atoms with E-state index in [0.29, 0.717) is 5.82 Å². The third-order valence-corrected chi connectivity index (χ3v) is 5.37. The van der Waals surface area contributed by atoms with Crippen molar-refractivity contribution in [1.29, 1.82) is 0 Å². The molecule has 0 amide bonds. The van der Waals surface area contributed by atoms with Crippen LogP contribution in [0.4, 0.5) is 10.2 Å². The molecule has 31 heavy (non-hydrogen) atoms. The summed E-state index contributed by atoms with van der Waals surface area (Å²) < 4.78 is 13.3. The minimum atomic E-state index is -0.204. The van der Waals surface area contributed by atoms with Crippen LogP contribution < -0.4 is 5.32 Å². The van der Waals surface area contributed by atoms with Crippen molar-refractivity contribution in [2.45, 2.75) is 32.5 Å². The standard InChI is InChI=1S/C24H29FN6/c1-17(14-30(2)3)27-23-20-16-31(15-18-7-9-19(25)10-8-18)13-11-21(20)28-24(29-23)22-6-4-5-12-26-22/h4-10,12,17H,11,13-16H2,1-3H3,(H,27,28,29)/t17-/m0/s1. The molecule has 0 spiro atoms. The molecular formula is C24H29FN6. The summed E-state index contributed by atoms with van der Waals surface area (Å²) in [6, 6.07) is 12.8. The smallest absolute Gasteiger partial charge is 0.180 e. The number of likely N-dealkylation sites (N-methyl/N-ethyl adjacent to an activating group) is 1. The van der Waals surface area contributed by atoms with E-state index in [4.69, 9.17) is 9.97 Å². The van der Waals surface area contributed by atoms with E-state index in [1.54, 1.807) is 6.20 Å². The van der Waals surface area contributed by atoms with Gasteiger partial charge in [-0.25, -0.2) is 14.4 Å². The normalized spacial score (nSPS) is 15.0. The van der Waals surface area contributed by atoms with E-state index in [1.807, 2.05) is 30.3 Å². The summed E-state index contributed by atoms with van der Waals surface area (Å²) in [7, 11) is 4.13. The van der Waals surface area contributed by atoms with Crippen molar-refractivity contribution in [3.8, 4) is 11.5 Å². The van der Waals surface area contributed by atoms with Gasteiger partial charge < -0.3 is 10.2 Å². The Morgan fingerprint density at radius 2 is 1.94 bits per heavy atom. The fraction of sp³-hybridized carbons (Fsp3) is 0.375. The molecule has 4 rings (SSSR count). The number of benzene rings is 1. The van der Waals surface area contributed by atoms with Crippen LogP contribution in [-0.2, 0) is 19.5 Å². The summed E-state index contributed by atoms with van der Waals surface area (Å²) in [5.74, 6) is 1.33. The van der Waals surface area contributed by atoms with Crippen molar-refractivity contribution >= 4 is 5.82 Å². The Balaban J connectivity index is 1.62. The van der Waals surface area contributed by atoms with E-state index in [-0.39, 0.29) is 11.9 Å². The predicted octanol–water partition coefficient (Wildman–Crippen LogP) is 3.60. The number of hydrogen-bond donors (Lipinski definition) is 1. The van der Waals surface area contributed by atoms with Crippen LogP contribution in [-0.4, -0.2) is 58.0 Å². The molecule has 1 aliphatic rings. The number of halogens is 1. The van der Waals surface area contributed by atoms with E-state index in [2.05, 4.69) is 41.1 Å². The van der Waals surface area contributed by atoms with E-state index < -0.39 is 0 Å². The molecule has 3 heterocycles. The molecule has 1 N–H and O–H groups in total. The Labute approximate surface area is 183 Å². The van der Waals surface area contributed by atoms with Crippen LogP contribution in [0.2, 0.25) is 0 Å². The second kappa shape index (κ2) is 9.49. The van der Waals surface area contributed by atoms with Crippen LogP contribution >= 0.6 is 0 Å². The molecule has 0 bridgehead atoms. The molecule has 0 saturated carbocycles. The fourth-order valence-electron chi connectivity index (χ4n) is 4.01. The number of aromatic nitrogens is 3. The summed E-state index contributed by atoms with van der Waals surface area (Å²) in [5.41, 5.74) is 4.10. The molecule has 6 nitrogen and oxygen atoms in total. The molecule has 2 aromatic heterocycles. The SMILES string of the molecule is C[C@@H](CN(C)C)Nc1nc(-c2ccccn2)nc2c1CN(Cc1ccc(F)cc1)CC2. The summed E-state index contributed by atoms with van der Waals surface area (Å²) in [4.78, 5) is 18.7. The monoisotopic (exact) mass is 420 g/mol. The molecule has 1 aliphatic heterocycles. The van der Waals surface area contributed by atoms with Crippen molar-refractivity contribution in [3.05, 3.63) is 71.3 Å². The van der Waals surface area contributed by atoms with E-state index >= 15 is 0 Å². The molecule has 0 fully saturated rings. The largest absolute Gasteiger partial charge is 0.366 e. The summed E-state index contributed by atoms with van der Waals surface area (Å²) in [6.45, 7) is 5.49. The number of pyridine rings is 1. The molecule has 0 unspecified atom stereocenters. The Bertz CT molecular complexity index is 1010. The Morgan fingerprint density at radius 1 is 1.13 bits per heavy atom. The third-order valence-electron chi connectivity index (χ3n) is 5.37. The van der Waals surface area contributed by atoms with Gasteiger partial charge in [0, 0.05) is 50.4 Å². The first kappa shape index (κ1) is 21.3. The molecule has 0 saturated heterocycles. The van der Waals surface area contributed by atoms with Gasteiger partial charge in [-0.3, -0.25) is 9.88 Å². The number of nitrogens with one attached hydrogen (secondary N) is 1. The van der Waals surface area contributed by atoms with Gasteiger partial charge in [0.05, 0.1) is 5.69 Å². The van der Waals surface area contributed by atoms with Gasteiger partial charge in [0.1, 0.15) is 17.3 Å². The van der Waals surface area contributed by atoms with Gasteiger partial charge in [-0.1, -0.05) is 18.2 Å². The number of anilines is 1. The van der Waals surface area contributed by atoms with Gasteiger partial charge in [-0.15, -0.1) is 0 Å². The van der Waals surface area contributed by atoms with Gasteiger partial charge in [0.25, 0.3) is 0 Å². The lowest BCUT2D eigenvalue weighted by Gasteiger charge is -2.30. The maximum atomic E-state index is 13.3. The predicted molar refractivity (Wildman–Crippen MR) is 121 cm³/mol. The van der Waals surface area contributed by atoms with E-state index in [1.165, 1.54) is 12.1 Å². The second-order valence-corrected chi connectivity index (χ2v) is 8.43. The highest BCUT2D eigenvalue weighted by molar-refractivity contribution is 5.57. The van der Waals surface area contributed by atoms with Crippen LogP contribution in [0.3, 0.4) is 0 Å². The summed E-state index contributed by atoms with van der Waals surface area (Å²) >= 11 is 0. The highest BCUT2D eigenvalue weighted by Crippen LogP contribution is 2.28. The first-order valence-corrected chi connectivity index (χ1v) is 10.7. The van der Waals surface area contributed by atoms with Crippen LogP contribution in [0.15, 0.2) is 48.7 Å². The third kappa shape index (κ3) is 5.42. The summed E-state index contributed by atoms with van der Waals surface area (Å²) in [5, 5.41) is 3.61. The lowest BCUT2D eigenvalue weighted by Crippen LogP contribution is -2.34. The summed E-state index contributed by atoms with van der Waals surface area (Å²) in [6.07, 6.45) is 2.61. The Morgan fingerprint density at radius 3 is 2.65 bits per heavy atom. The molecular weight excluding hydrogens is 391 g/mol. The Hall–Kier alpha value is -2.90. The molecule has 7 heteroatoms. The van der Waals surface area contributed by atoms with Crippen molar-refractivity contribution in [2.24, 2.45) is 0 Å². The minimum Gasteiger partial charge on any atom is -0.366 e. The highest BCUT2D eigenvalue weighted by Gasteiger charge is 2.24. The van der Waals surface area contributed by atoms with E-state index in [9.17, 15) is 4.39 Å². The maximum Gasteiger partial charge on any atom is 0.180 e. The van der Waals surface area contributed by atoms with Gasteiger partial charge in [0.2, 0.25) is 0 Å². The van der Waals surface area contributed by atoms with Gasteiger partial charge in [0.15, 0.2) is 5.82 Å². The average molecular weight is 421 g/mol. The quantitative estimate of drug-likeness (QED) is 0.630. The first-order valence-electron chi connectivity index (χ1n) is 10.7. The molecule has 162 valence electrons. The van der Waals surface area contributed by atoms with Gasteiger partial charge >= 0.3 is 0 Å². The zero-order valence-electron chi connectivity index (χ0n) is 18.3. The zero-order valence-corrected chi connectivity index (χ0v) is 18.3. The van der Waals surface area contributed by atoms with Crippen LogP contribution in [0, 0.1) is 5.82 Å². The second-order valence-electron chi connectivity index (χ2n) is 8.43. The van der Waals surface area contributed by atoms with Crippen molar-refractivity contribution in [1.82, 2.24) is 24.8 Å². The fourth-order valence-corrected chi connectivity index (χ4v) is 4.01. The lowest BCUT2D eigenvalue weighted by molar-refractivity contribution is 0.243. The minimum absolute atomic E-state index is 0.204. The van der Waals surface area contributed by atoms with E-state index in [0.717, 1.165) is 60.9 Å². The molecule has 1 atom stereocenters. The topological polar surface area (TPSA) is 57.2 Å². The number of nitrogens with zero attached hydrogens (tertiary/aromatic N) is 5. The maximum absolute atomic E-state index is 13.3. The van der Waals surface area contributed by atoms with Crippen LogP contribution in [0.25, 0.3) is 11.5 Å². The molecule has 1 aromatic carbocycles. The highest BCUT2D eigenvalue weighted by atomic mass is 19.1. The van der Waals surface area contributed by atoms with Crippen LogP contribution in [0.5, 0.6) is 0 Å². The first-order chi connectivity index (χ1) is 15.0.